The van der Waals surface area contributed by atoms with Crippen LogP contribution in [0.25, 0.3) is 0 Å². The lowest BCUT2D eigenvalue weighted by Gasteiger charge is -2.66. The topological polar surface area (TPSA) is 0 Å². The minimum Gasteiger partial charge on any atom is -0.0622 e. The van der Waals surface area contributed by atoms with Crippen molar-refractivity contribution in [3.63, 3.8) is 0 Å². The van der Waals surface area contributed by atoms with Crippen LogP contribution in [-0.4, -0.2) is 0 Å². The summed E-state index contributed by atoms with van der Waals surface area (Å²) in [6.07, 6.45) is 8.81. The molecule has 2 fully saturated rings. The van der Waals surface area contributed by atoms with Crippen molar-refractivity contribution in [3.05, 3.63) is 0 Å². The van der Waals surface area contributed by atoms with Crippen molar-refractivity contribution in [1.82, 2.24) is 0 Å². The van der Waals surface area contributed by atoms with Crippen LogP contribution in [0.1, 0.15) is 73.1 Å². The van der Waals surface area contributed by atoms with E-state index in [1.165, 1.54) is 38.5 Å². The molecule has 0 aromatic heterocycles. The van der Waals surface area contributed by atoms with Gasteiger partial charge in [0.15, 0.2) is 0 Å². The van der Waals surface area contributed by atoms with E-state index in [4.69, 9.17) is 0 Å². The Labute approximate surface area is 95.8 Å². The summed E-state index contributed by atoms with van der Waals surface area (Å²) < 4.78 is 0. The second-order valence-electron chi connectivity index (χ2n) is 7.19. The van der Waals surface area contributed by atoms with Crippen molar-refractivity contribution in [1.29, 1.82) is 0 Å². The van der Waals surface area contributed by atoms with Crippen molar-refractivity contribution in [2.45, 2.75) is 73.1 Å². The quantitative estimate of drug-likeness (QED) is 0.567. The molecule has 0 N–H and O–H groups in total. The van der Waals surface area contributed by atoms with E-state index in [-0.39, 0.29) is 0 Å². The third kappa shape index (κ3) is 1.26. The van der Waals surface area contributed by atoms with Crippen LogP contribution in [-0.2, 0) is 0 Å². The summed E-state index contributed by atoms with van der Waals surface area (Å²) in [7, 11) is 0. The molecule has 2 saturated carbocycles. The molecule has 2 aliphatic carbocycles. The van der Waals surface area contributed by atoms with Crippen molar-refractivity contribution >= 4 is 0 Å². The SMILES string of the molecule is CC(C)C1(C)C2(C)CCCC1(C)CCC2. The van der Waals surface area contributed by atoms with Crippen LogP contribution in [0.15, 0.2) is 0 Å². The van der Waals surface area contributed by atoms with Crippen LogP contribution in [0.3, 0.4) is 0 Å². The summed E-state index contributed by atoms with van der Waals surface area (Å²) in [6, 6.07) is 0. The van der Waals surface area contributed by atoms with E-state index in [0.29, 0.717) is 16.2 Å². The molecule has 15 heavy (non-hydrogen) atoms. The third-order valence-electron chi connectivity index (χ3n) is 6.58. The van der Waals surface area contributed by atoms with Gasteiger partial charge in [-0.15, -0.1) is 0 Å². The Morgan fingerprint density at radius 3 is 1.27 bits per heavy atom. The summed E-state index contributed by atoms with van der Waals surface area (Å²) in [4.78, 5) is 0. The Morgan fingerprint density at radius 2 is 1.07 bits per heavy atom. The van der Waals surface area contributed by atoms with Crippen molar-refractivity contribution in [2.75, 3.05) is 0 Å². The molecule has 0 unspecified atom stereocenters. The maximum absolute atomic E-state index is 2.59. The van der Waals surface area contributed by atoms with Crippen LogP contribution >= 0.6 is 0 Å². The fraction of sp³-hybridized carbons (Fsp3) is 1.00. The van der Waals surface area contributed by atoms with Gasteiger partial charge in [0.1, 0.15) is 0 Å². The van der Waals surface area contributed by atoms with Crippen LogP contribution < -0.4 is 0 Å². The molecule has 0 aliphatic heterocycles. The maximum atomic E-state index is 2.59. The van der Waals surface area contributed by atoms with Crippen LogP contribution in [0.4, 0.5) is 0 Å². The Morgan fingerprint density at radius 1 is 0.733 bits per heavy atom. The van der Waals surface area contributed by atoms with Crippen molar-refractivity contribution in [2.24, 2.45) is 22.2 Å². The zero-order chi connectivity index (χ0) is 11.3. The molecule has 0 aromatic carbocycles. The molecule has 0 amide bonds. The van der Waals surface area contributed by atoms with Crippen LogP contribution in [0.5, 0.6) is 0 Å². The molecule has 0 aromatic rings. The molecule has 0 spiro atoms. The molecule has 0 saturated heterocycles. The monoisotopic (exact) mass is 208 g/mol. The largest absolute Gasteiger partial charge is 0.0622 e. The minimum atomic E-state index is 0.566. The summed E-state index contributed by atoms with van der Waals surface area (Å²) in [6.45, 7) is 12.6. The maximum Gasteiger partial charge on any atom is -0.0195 e. The fourth-order valence-electron chi connectivity index (χ4n) is 5.15. The molecule has 88 valence electrons. The van der Waals surface area contributed by atoms with E-state index in [9.17, 15) is 0 Å². The van der Waals surface area contributed by atoms with E-state index in [1.54, 1.807) is 0 Å². The van der Waals surface area contributed by atoms with Crippen LogP contribution in [0, 0.1) is 22.2 Å². The first-order valence-corrected chi connectivity index (χ1v) is 6.86. The predicted octanol–water partition coefficient (Wildman–Crippen LogP) is 5.03. The predicted molar refractivity (Wildman–Crippen MR) is 66.9 cm³/mol. The Kier molecular flexibility index (Phi) is 2.48. The zero-order valence-electron chi connectivity index (χ0n) is 11.3. The van der Waals surface area contributed by atoms with Gasteiger partial charge in [0.05, 0.1) is 0 Å². The molecule has 0 atom stereocenters. The Balaban J connectivity index is 2.47. The van der Waals surface area contributed by atoms with E-state index in [0.717, 1.165) is 5.92 Å². The van der Waals surface area contributed by atoms with Gasteiger partial charge in [-0.1, -0.05) is 47.5 Å². The first-order valence-electron chi connectivity index (χ1n) is 6.86. The van der Waals surface area contributed by atoms with E-state index >= 15 is 0 Å². The lowest BCUT2D eigenvalue weighted by Crippen LogP contribution is -2.57. The highest BCUT2D eigenvalue weighted by atomic mass is 14.6. The second-order valence-corrected chi connectivity index (χ2v) is 7.19. The Hall–Kier alpha value is 0. The van der Waals surface area contributed by atoms with Gasteiger partial charge in [0, 0.05) is 0 Å². The normalized spacial score (nSPS) is 50.8. The van der Waals surface area contributed by atoms with Crippen molar-refractivity contribution in [3.8, 4) is 0 Å². The van der Waals surface area contributed by atoms with Crippen molar-refractivity contribution < 1.29 is 0 Å². The zero-order valence-corrected chi connectivity index (χ0v) is 11.3. The smallest absolute Gasteiger partial charge is 0.0195 e. The summed E-state index contributed by atoms with van der Waals surface area (Å²) >= 11 is 0. The molecule has 0 radical (unpaired) electrons. The average molecular weight is 208 g/mol. The van der Waals surface area contributed by atoms with Gasteiger partial charge in [-0.25, -0.2) is 0 Å². The number of hydrogen-bond donors (Lipinski definition) is 0. The lowest BCUT2D eigenvalue weighted by molar-refractivity contribution is -0.166. The summed E-state index contributed by atoms with van der Waals surface area (Å²) in [5.41, 5.74) is 1.80. The van der Waals surface area contributed by atoms with Gasteiger partial charge < -0.3 is 0 Å². The highest BCUT2D eigenvalue weighted by Crippen LogP contribution is 2.69. The molecule has 2 rings (SSSR count). The molecule has 2 aliphatic rings. The summed E-state index contributed by atoms with van der Waals surface area (Å²) in [5.74, 6) is 0.827. The van der Waals surface area contributed by atoms with Gasteiger partial charge >= 0.3 is 0 Å². The second kappa shape index (κ2) is 3.25. The summed E-state index contributed by atoms with van der Waals surface area (Å²) in [5, 5.41) is 0. The van der Waals surface area contributed by atoms with Gasteiger partial charge in [-0.05, 0) is 47.8 Å². The third-order valence-corrected chi connectivity index (χ3v) is 6.58. The number of fused-ring (bicyclic) bond motifs is 2. The number of hydrogen-bond acceptors (Lipinski definition) is 0. The first kappa shape index (κ1) is 11.5. The minimum absolute atomic E-state index is 0.566. The van der Waals surface area contributed by atoms with Gasteiger partial charge in [0.25, 0.3) is 0 Å². The van der Waals surface area contributed by atoms with E-state index < -0.39 is 0 Å². The molecule has 2 bridgehead atoms. The molecule has 0 heteroatoms. The standard InChI is InChI=1S/C15H28/c1-12(2)15(5)13(3)8-6-10-14(15,4)11-7-9-13/h12H,6-11H2,1-5H3. The molecular formula is C15H28. The van der Waals surface area contributed by atoms with E-state index in [1.807, 2.05) is 0 Å². The molecule has 0 nitrogen and oxygen atoms in total. The molecular weight excluding hydrogens is 180 g/mol. The highest BCUT2D eigenvalue weighted by molar-refractivity contribution is 5.09. The first-order chi connectivity index (χ1) is 6.86. The van der Waals surface area contributed by atoms with Gasteiger partial charge in [-0.3, -0.25) is 0 Å². The number of rotatable bonds is 1. The van der Waals surface area contributed by atoms with E-state index in [2.05, 4.69) is 34.6 Å². The lowest BCUT2D eigenvalue weighted by atomic mass is 9.39. The van der Waals surface area contributed by atoms with Gasteiger partial charge in [-0.2, -0.15) is 0 Å². The van der Waals surface area contributed by atoms with Gasteiger partial charge in [0.2, 0.25) is 0 Å². The fourth-order valence-corrected chi connectivity index (χ4v) is 5.15. The average Bonchev–Trinajstić information content (AvgIpc) is 2.11. The highest BCUT2D eigenvalue weighted by Gasteiger charge is 2.60. The molecule has 0 heterocycles. The Bertz CT molecular complexity index is 221. The van der Waals surface area contributed by atoms with Crippen LogP contribution in [0.2, 0.25) is 0 Å².